The highest BCUT2D eigenvalue weighted by molar-refractivity contribution is 9.11. The van der Waals surface area contributed by atoms with E-state index in [1.807, 2.05) is 11.0 Å². The summed E-state index contributed by atoms with van der Waals surface area (Å²) in [6.07, 6.45) is 5.56. The monoisotopic (exact) mass is 464 g/mol. The molecule has 2 aliphatic heterocycles. The predicted octanol–water partition coefficient (Wildman–Crippen LogP) is 2.80. The number of thiophene rings is 1. The molecule has 2 fully saturated rings. The van der Waals surface area contributed by atoms with Crippen LogP contribution in [-0.4, -0.2) is 71.1 Å². The summed E-state index contributed by atoms with van der Waals surface area (Å²) in [5, 5.41) is 3.22. The first-order chi connectivity index (χ1) is 13.7. The Labute approximate surface area is 177 Å². The molecule has 150 valence electrons. The summed E-state index contributed by atoms with van der Waals surface area (Å²) < 4.78 is 1.17. The lowest BCUT2D eigenvalue weighted by Gasteiger charge is -2.37. The van der Waals surface area contributed by atoms with E-state index in [9.17, 15) is 4.79 Å². The van der Waals surface area contributed by atoms with Crippen molar-refractivity contribution in [2.75, 3.05) is 44.2 Å². The van der Waals surface area contributed by atoms with Crippen LogP contribution in [0.25, 0.3) is 0 Å². The molecule has 9 heteroatoms. The van der Waals surface area contributed by atoms with E-state index in [1.54, 1.807) is 23.7 Å². The SMILES string of the molecule is O=C(NC1CCCN(c2ncccn2)C1)N1CCN(Cc2ccc(Br)s2)CC1. The van der Waals surface area contributed by atoms with E-state index in [4.69, 9.17) is 0 Å². The van der Waals surface area contributed by atoms with Gasteiger partial charge < -0.3 is 15.1 Å². The van der Waals surface area contributed by atoms with Crippen LogP contribution in [0.15, 0.2) is 34.4 Å². The predicted molar refractivity (Wildman–Crippen MR) is 115 cm³/mol. The van der Waals surface area contributed by atoms with E-state index in [0.29, 0.717) is 0 Å². The summed E-state index contributed by atoms with van der Waals surface area (Å²) in [5.74, 6) is 0.746. The molecular formula is C19H25BrN6OS. The fourth-order valence-corrected chi connectivity index (χ4v) is 5.29. The number of nitrogens with zero attached hydrogens (tertiary/aromatic N) is 5. The van der Waals surface area contributed by atoms with Gasteiger partial charge in [-0.2, -0.15) is 0 Å². The first kappa shape index (κ1) is 19.6. The summed E-state index contributed by atoms with van der Waals surface area (Å²) in [4.78, 5) is 29.3. The number of carbonyl (C=O) groups excluding carboxylic acids is 1. The lowest BCUT2D eigenvalue weighted by molar-refractivity contribution is 0.133. The Morgan fingerprint density at radius 3 is 2.68 bits per heavy atom. The topological polar surface area (TPSA) is 64.6 Å². The van der Waals surface area contributed by atoms with Crippen molar-refractivity contribution in [3.8, 4) is 0 Å². The van der Waals surface area contributed by atoms with Crippen molar-refractivity contribution in [2.24, 2.45) is 0 Å². The van der Waals surface area contributed by atoms with Crippen LogP contribution in [0.5, 0.6) is 0 Å². The molecule has 1 N–H and O–H groups in total. The van der Waals surface area contributed by atoms with E-state index >= 15 is 0 Å². The van der Waals surface area contributed by atoms with Crippen LogP contribution in [0.3, 0.4) is 0 Å². The zero-order chi connectivity index (χ0) is 19.3. The van der Waals surface area contributed by atoms with E-state index in [2.05, 4.69) is 53.1 Å². The lowest BCUT2D eigenvalue weighted by Crippen LogP contribution is -2.56. The Morgan fingerprint density at radius 1 is 1.18 bits per heavy atom. The molecule has 0 saturated carbocycles. The van der Waals surface area contributed by atoms with Crippen LogP contribution in [0.2, 0.25) is 0 Å². The molecule has 0 bridgehead atoms. The number of anilines is 1. The number of amides is 2. The van der Waals surface area contributed by atoms with Gasteiger partial charge in [-0.15, -0.1) is 11.3 Å². The van der Waals surface area contributed by atoms with Crippen molar-refractivity contribution in [3.63, 3.8) is 0 Å². The quantitative estimate of drug-likeness (QED) is 0.753. The fraction of sp³-hybridized carbons (Fsp3) is 0.526. The molecule has 4 heterocycles. The largest absolute Gasteiger partial charge is 0.339 e. The highest BCUT2D eigenvalue weighted by Gasteiger charge is 2.26. The maximum atomic E-state index is 12.7. The highest BCUT2D eigenvalue weighted by Crippen LogP contribution is 2.23. The number of halogens is 1. The number of carbonyl (C=O) groups is 1. The second-order valence-corrected chi connectivity index (χ2v) is 9.80. The van der Waals surface area contributed by atoms with Gasteiger partial charge in [0.2, 0.25) is 5.95 Å². The van der Waals surface area contributed by atoms with Gasteiger partial charge in [-0.1, -0.05) is 0 Å². The molecule has 0 aliphatic carbocycles. The van der Waals surface area contributed by atoms with Crippen LogP contribution in [0.4, 0.5) is 10.7 Å². The molecule has 0 aromatic carbocycles. The Balaban J connectivity index is 1.24. The minimum absolute atomic E-state index is 0.0550. The Morgan fingerprint density at radius 2 is 1.96 bits per heavy atom. The standard InChI is InChI=1S/C19H25BrN6OS/c20-17-5-4-16(28-17)14-24-9-11-25(12-10-24)19(27)23-15-3-1-8-26(13-15)18-21-6-2-7-22-18/h2,4-7,15H,1,3,8-14H2,(H,23,27). The maximum absolute atomic E-state index is 12.7. The summed E-state index contributed by atoms with van der Waals surface area (Å²) >= 11 is 5.30. The van der Waals surface area contributed by atoms with Crippen molar-refractivity contribution in [1.29, 1.82) is 0 Å². The number of piperazine rings is 1. The lowest BCUT2D eigenvalue weighted by atomic mass is 10.1. The second-order valence-electron chi connectivity index (χ2n) is 7.25. The van der Waals surface area contributed by atoms with E-state index in [1.165, 1.54) is 8.66 Å². The highest BCUT2D eigenvalue weighted by atomic mass is 79.9. The van der Waals surface area contributed by atoms with Crippen molar-refractivity contribution in [3.05, 3.63) is 39.3 Å². The van der Waals surface area contributed by atoms with Gasteiger partial charge in [-0.05, 0) is 47.0 Å². The molecule has 0 radical (unpaired) electrons. The van der Waals surface area contributed by atoms with Crippen LogP contribution >= 0.6 is 27.3 Å². The van der Waals surface area contributed by atoms with Gasteiger partial charge in [-0.25, -0.2) is 14.8 Å². The zero-order valence-electron chi connectivity index (χ0n) is 15.8. The van der Waals surface area contributed by atoms with Crippen LogP contribution in [0, 0.1) is 0 Å². The van der Waals surface area contributed by atoms with Gasteiger partial charge >= 0.3 is 6.03 Å². The van der Waals surface area contributed by atoms with Crippen molar-refractivity contribution < 1.29 is 4.79 Å². The Bertz CT molecular complexity index is 780. The summed E-state index contributed by atoms with van der Waals surface area (Å²) in [5.41, 5.74) is 0. The van der Waals surface area contributed by atoms with E-state index in [-0.39, 0.29) is 12.1 Å². The number of aromatic nitrogens is 2. The molecule has 4 rings (SSSR count). The van der Waals surface area contributed by atoms with Gasteiger partial charge in [0, 0.05) is 69.1 Å². The van der Waals surface area contributed by atoms with Gasteiger partial charge in [0.15, 0.2) is 0 Å². The van der Waals surface area contributed by atoms with Crippen molar-refractivity contribution >= 4 is 39.2 Å². The first-order valence-electron chi connectivity index (χ1n) is 9.71. The molecule has 1 atom stereocenters. The third-order valence-electron chi connectivity index (χ3n) is 5.25. The second kappa shape index (κ2) is 9.19. The number of hydrogen-bond donors (Lipinski definition) is 1. The van der Waals surface area contributed by atoms with Crippen molar-refractivity contribution in [1.82, 2.24) is 25.1 Å². The van der Waals surface area contributed by atoms with Gasteiger partial charge in [0.05, 0.1) is 3.79 Å². The molecule has 28 heavy (non-hydrogen) atoms. The van der Waals surface area contributed by atoms with Crippen LogP contribution in [0.1, 0.15) is 17.7 Å². The number of hydrogen-bond acceptors (Lipinski definition) is 6. The Kier molecular flexibility index (Phi) is 6.43. The van der Waals surface area contributed by atoms with E-state index < -0.39 is 0 Å². The van der Waals surface area contributed by atoms with Crippen LogP contribution < -0.4 is 10.2 Å². The van der Waals surface area contributed by atoms with E-state index in [0.717, 1.165) is 64.6 Å². The molecule has 2 aromatic heterocycles. The molecule has 2 aliphatic rings. The zero-order valence-corrected chi connectivity index (χ0v) is 18.2. The third-order valence-corrected chi connectivity index (χ3v) is 6.86. The number of nitrogens with one attached hydrogen (secondary N) is 1. The smallest absolute Gasteiger partial charge is 0.317 e. The number of urea groups is 1. The van der Waals surface area contributed by atoms with Gasteiger partial charge in [0.1, 0.15) is 0 Å². The minimum atomic E-state index is 0.0550. The van der Waals surface area contributed by atoms with Crippen LogP contribution in [-0.2, 0) is 6.54 Å². The number of piperidine rings is 1. The summed E-state index contributed by atoms with van der Waals surface area (Å²) in [6.45, 7) is 6.04. The maximum Gasteiger partial charge on any atom is 0.317 e. The molecule has 2 amide bonds. The minimum Gasteiger partial charge on any atom is -0.339 e. The third kappa shape index (κ3) is 5.01. The molecular weight excluding hydrogens is 440 g/mol. The van der Waals surface area contributed by atoms with Crippen molar-refractivity contribution in [2.45, 2.75) is 25.4 Å². The average molecular weight is 465 g/mol. The molecule has 1 unspecified atom stereocenters. The molecule has 2 saturated heterocycles. The molecule has 7 nitrogen and oxygen atoms in total. The molecule has 0 spiro atoms. The summed E-state index contributed by atoms with van der Waals surface area (Å²) in [6, 6.07) is 6.28. The van der Waals surface area contributed by atoms with Gasteiger partial charge in [0.25, 0.3) is 0 Å². The molecule has 2 aromatic rings. The average Bonchev–Trinajstić information content (AvgIpc) is 3.14. The summed E-state index contributed by atoms with van der Waals surface area (Å²) in [7, 11) is 0. The fourth-order valence-electron chi connectivity index (χ4n) is 3.76. The Hall–Kier alpha value is -1.71. The van der Waals surface area contributed by atoms with Gasteiger partial charge in [-0.3, -0.25) is 4.90 Å². The normalized spacial score (nSPS) is 21.0. The number of rotatable bonds is 4. The first-order valence-corrected chi connectivity index (χ1v) is 11.3.